The monoisotopic (exact) mass is 440 g/mol. The summed E-state index contributed by atoms with van der Waals surface area (Å²) in [5, 5.41) is 9.11. The van der Waals surface area contributed by atoms with E-state index in [9.17, 15) is 14.4 Å². The lowest BCUT2D eigenvalue weighted by Gasteiger charge is -2.31. The van der Waals surface area contributed by atoms with Crippen molar-refractivity contribution >= 4 is 41.2 Å². The number of hydrogen-bond acceptors (Lipinski definition) is 6. The fraction of sp³-hybridized carbons (Fsp3) is 0.182. The molecule has 1 heterocycles. The Labute approximate surface area is 184 Å². The summed E-state index contributed by atoms with van der Waals surface area (Å²) in [6, 6.07) is 11.4. The minimum Gasteiger partial charge on any atom is -0.493 e. The molecular weight excluding hydrogens is 420 g/mol. The Morgan fingerprint density at radius 1 is 1.03 bits per heavy atom. The predicted molar refractivity (Wildman–Crippen MR) is 117 cm³/mol. The number of ether oxygens (including phenoxy) is 2. The van der Waals surface area contributed by atoms with E-state index in [0.29, 0.717) is 17.1 Å². The molecule has 0 spiro atoms. The zero-order chi connectivity index (χ0) is 22.7. The second-order valence-electron chi connectivity index (χ2n) is 6.77. The molecular formula is C22H20N2O6S. The van der Waals surface area contributed by atoms with Crippen LogP contribution in [0.2, 0.25) is 0 Å². The van der Waals surface area contributed by atoms with E-state index in [2.05, 4.69) is 0 Å². The van der Waals surface area contributed by atoms with Gasteiger partial charge in [-0.05, 0) is 53.7 Å². The Kier molecular flexibility index (Phi) is 6.36. The molecule has 1 aliphatic heterocycles. The molecule has 1 aliphatic rings. The van der Waals surface area contributed by atoms with Crippen molar-refractivity contribution < 1.29 is 29.0 Å². The third kappa shape index (κ3) is 4.56. The van der Waals surface area contributed by atoms with Crippen molar-refractivity contribution in [1.29, 1.82) is 0 Å². The SMILES string of the molecule is COc1cc(C=C2C(=O)N(C)C(=S)N(C)C2=O)ccc1OCc1ccc(C(=O)O)cc1. The molecule has 0 atom stereocenters. The Hall–Kier alpha value is -3.72. The summed E-state index contributed by atoms with van der Waals surface area (Å²) in [7, 11) is 4.52. The zero-order valence-corrected chi connectivity index (χ0v) is 17.9. The van der Waals surface area contributed by atoms with Gasteiger partial charge in [-0.3, -0.25) is 19.4 Å². The number of nitrogens with zero attached hydrogens (tertiary/aromatic N) is 2. The van der Waals surface area contributed by atoms with Crippen LogP contribution >= 0.6 is 12.2 Å². The molecule has 2 aromatic carbocycles. The molecule has 31 heavy (non-hydrogen) atoms. The first kappa shape index (κ1) is 22.0. The number of amides is 2. The number of carboxylic acid groups (broad SMARTS) is 1. The minimum atomic E-state index is -0.993. The van der Waals surface area contributed by atoms with Crippen LogP contribution in [0.5, 0.6) is 11.5 Å². The molecule has 0 saturated carbocycles. The number of carbonyl (C=O) groups excluding carboxylic acids is 2. The number of rotatable bonds is 6. The molecule has 0 aromatic heterocycles. The van der Waals surface area contributed by atoms with Crippen LogP contribution in [-0.4, -0.2) is 59.0 Å². The first-order valence-electron chi connectivity index (χ1n) is 9.17. The number of aromatic carboxylic acids is 1. The van der Waals surface area contributed by atoms with Crippen LogP contribution in [0.4, 0.5) is 0 Å². The fourth-order valence-corrected chi connectivity index (χ4v) is 3.11. The van der Waals surface area contributed by atoms with Gasteiger partial charge in [0, 0.05) is 14.1 Å². The van der Waals surface area contributed by atoms with Gasteiger partial charge in [0.25, 0.3) is 11.8 Å². The molecule has 8 nitrogen and oxygen atoms in total. The molecule has 0 unspecified atom stereocenters. The number of methoxy groups -OCH3 is 1. The van der Waals surface area contributed by atoms with E-state index in [-0.39, 0.29) is 22.9 Å². The van der Waals surface area contributed by atoms with Crippen LogP contribution in [0.3, 0.4) is 0 Å². The maximum atomic E-state index is 12.5. The average Bonchev–Trinajstić information content (AvgIpc) is 2.78. The van der Waals surface area contributed by atoms with E-state index >= 15 is 0 Å². The zero-order valence-electron chi connectivity index (χ0n) is 17.1. The van der Waals surface area contributed by atoms with E-state index < -0.39 is 17.8 Å². The third-order valence-corrected chi connectivity index (χ3v) is 5.29. The predicted octanol–water partition coefficient (Wildman–Crippen LogP) is 2.57. The number of benzene rings is 2. The number of carboxylic acids is 1. The van der Waals surface area contributed by atoms with Gasteiger partial charge in [0.2, 0.25) is 0 Å². The maximum Gasteiger partial charge on any atom is 0.335 e. The molecule has 3 rings (SSSR count). The molecule has 1 fully saturated rings. The van der Waals surface area contributed by atoms with Crippen LogP contribution in [-0.2, 0) is 16.2 Å². The van der Waals surface area contributed by atoms with Crippen molar-refractivity contribution in [3.63, 3.8) is 0 Å². The summed E-state index contributed by atoms with van der Waals surface area (Å²) in [4.78, 5) is 38.4. The van der Waals surface area contributed by atoms with Crippen molar-refractivity contribution in [2.45, 2.75) is 6.61 Å². The molecule has 1 N–H and O–H groups in total. The van der Waals surface area contributed by atoms with Gasteiger partial charge >= 0.3 is 5.97 Å². The summed E-state index contributed by atoms with van der Waals surface area (Å²) < 4.78 is 11.2. The molecule has 1 saturated heterocycles. The highest BCUT2D eigenvalue weighted by atomic mass is 32.1. The minimum absolute atomic E-state index is 0.00663. The first-order chi connectivity index (χ1) is 14.7. The van der Waals surface area contributed by atoms with Gasteiger partial charge in [0.15, 0.2) is 16.6 Å². The normalized spacial score (nSPS) is 14.0. The number of thiocarbonyl (C=S) groups is 1. The van der Waals surface area contributed by atoms with Gasteiger partial charge in [-0.1, -0.05) is 18.2 Å². The van der Waals surface area contributed by atoms with Gasteiger partial charge in [-0.2, -0.15) is 0 Å². The van der Waals surface area contributed by atoms with Gasteiger partial charge < -0.3 is 14.6 Å². The quantitative estimate of drug-likeness (QED) is 0.419. The largest absolute Gasteiger partial charge is 0.493 e. The second-order valence-corrected chi connectivity index (χ2v) is 7.14. The lowest BCUT2D eigenvalue weighted by Crippen LogP contribution is -2.52. The van der Waals surface area contributed by atoms with Crippen LogP contribution in [0.1, 0.15) is 21.5 Å². The molecule has 2 amide bonds. The maximum absolute atomic E-state index is 12.5. The van der Waals surface area contributed by atoms with Crippen molar-refractivity contribution in [2.75, 3.05) is 21.2 Å². The van der Waals surface area contributed by atoms with Crippen molar-refractivity contribution in [3.8, 4) is 11.5 Å². The summed E-state index contributed by atoms with van der Waals surface area (Å²) >= 11 is 5.09. The Bertz CT molecular complexity index is 1070. The summed E-state index contributed by atoms with van der Waals surface area (Å²) in [5.41, 5.74) is 1.57. The van der Waals surface area contributed by atoms with Crippen molar-refractivity contribution in [3.05, 3.63) is 64.7 Å². The highest BCUT2D eigenvalue weighted by Gasteiger charge is 2.35. The molecule has 0 aliphatic carbocycles. The van der Waals surface area contributed by atoms with Crippen LogP contribution in [0.25, 0.3) is 6.08 Å². The summed E-state index contributed by atoms with van der Waals surface area (Å²) in [5.74, 6) is -1.06. The number of carbonyl (C=O) groups is 3. The Balaban J connectivity index is 1.80. The van der Waals surface area contributed by atoms with Gasteiger partial charge in [-0.25, -0.2) is 4.79 Å². The second kappa shape index (κ2) is 8.97. The molecule has 9 heteroatoms. The van der Waals surface area contributed by atoms with Crippen molar-refractivity contribution in [1.82, 2.24) is 9.80 Å². The third-order valence-electron chi connectivity index (χ3n) is 4.74. The smallest absolute Gasteiger partial charge is 0.335 e. The van der Waals surface area contributed by atoms with E-state index in [1.165, 1.54) is 49.2 Å². The molecule has 2 aromatic rings. The van der Waals surface area contributed by atoms with Gasteiger partial charge in [0.1, 0.15) is 12.2 Å². The summed E-state index contributed by atoms with van der Waals surface area (Å²) in [6.07, 6.45) is 1.48. The lowest BCUT2D eigenvalue weighted by atomic mass is 10.1. The molecule has 0 bridgehead atoms. The van der Waals surface area contributed by atoms with E-state index in [0.717, 1.165) is 5.56 Å². The highest BCUT2D eigenvalue weighted by molar-refractivity contribution is 7.80. The summed E-state index contributed by atoms with van der Waals surface area (Å²) in [6.45, 7) is 0.209. The topological polar surface area (TPSA) is 96.4 Å². The van der Waals surface area contributed by atoms with Gasteiger partial charge in [-0.15, -0.1) is 0 Å². The Morgan fingerprint density at radius 3 is 2.19 bits per heavy atom. The van der Waals surface area contributed by atoms with Crippen LogP contribution < -0.4 is 9.47 Å². The standard InChI is InChI=1S/C22H20N2O6S/c1-23-19(25)16(20(26)24(2)22(23)31)10-14-6-9-17(18(11-14)29-3)30-12-13-4-7-15(8-5-13)21(27)28/h4-11H,12H2,1-3H3,(H,27,28). The molecule has 160 valence electrons. The van der Waals surface area contributed by atoms with Crippen molar-refractivity contribution in [2.24, 2.45) is 0 Å². The lowest BCUT2D eigenvalue weighted by molar-refractivity contribution is -0.132. The van der Waals surface area contributed by atoms with Crippen LogP contribution in [0.15, 0.2) is 48.0 Å². The fourth-order valence-electron chi connectivity index (χ4n) is 2.94. The van der Waals surface area contributed by atoms with Gasteiger partial charge in [0.05, 0.1) is 12.7 Å². The van der Waals surface area contributed by atoms with Crippen LogP contribution in [0, 0.1) is 0 Å². The van der Waals surface area contributed by atoms with E-state index in [1.807, 2.05) is 0 Å². The van der Waals surface area contributed by atoms with E-state index in [1.54, 1.807) is 30.3 Å². The number of likely N-dealkylation sites (N-methyl/N-ethyl adjacent to an activating group) is 2. The number of hydrogen-bond donors (Lipinski definition) is 1. The van der Waals surface area contributed by atoms with E-state index in [4.69, 9.17) is 26.8 Å². The average molecular weight is 440 g/mol. The highest BCUT2D eigenvalue weighted by Crippen LogP contribution is 2.30. The molecule has 0 radical (unpaired) electrons. The Morgan fingerprint density at radius 2 is 1.65 bits per heavy atom. The first-order valence-corrected chi connectivity index (χ1v) is 9.58.